The first-order valence-corrected chi connectivity index (χ1v) is 26.2. The number of allylic oxidation sites excluding steroid dienone is 2. The molecular formula is C48H92NO10P. The van der Waals surface area contributed by atoms with Crippen LogP contribution in [0.1, 0.15) is 245 Å². The van der Waals surface area contributed by atoms with Crippen LogP contribution in [0.15, 0.2) is 12.2 Å². The summed E-state index contributed by atoms with van der Waals surface area (Å²) in [4.78, 5) is 46.1. The van der Waals surface area contributed by atoms with Gasteiger partial charge in [0.15, 0.2) is 6.10 Å². The molecular weight excluding hydrogens is 781 g/mol. The molecule has 12 heteroatoms. The predicted octanol–water partition coefficient (Wildman–Crippen LogP) is 13.6. The van der Waals surface area contributed by atoms with E-state index in [2.05, 4.69) is 30.5 Å². The number of carbonyl (C=O) groups is 3. The van der Waals surface area contributed by atoms with Gasteiger partial charge < -0.3 is 25.2 Å². The number of esters is 2. The Morgan fingerprint density at radius 2 is 0.833 bits per heavy atom. The number of carbonyl (C=O) groups excluding carboxylic acids is 2. The lowest BCUT2D eigenvalue weighted by atomic mass is 10.0. The van der Waals surface area contributed by atoms with Crippen molar-refractivity contribution in [2.45, 2.75) is 257 Å². The van der Waals surface area contributed by atoms with Crippen LogP contribution in [0.25, 0.3) is 0 Å². The Kier molecular flexibility index (Phi) is 42.6. The van der Waals surface area contributed by atoms with E-state index in [1.807, 2.05) is 0 Å². The van der Waals surface area contributed by atoms with Crippen molar-refractivity contribution < 1.29 is 47.5 Å². The lowest BCUT2D eigenvalue weighted by molar-refractivity contribution is -0.161. The molecule has 0 saturated carbocycles. The zero-order valence-corrected chi connectivity index (χ0v) is 39.5. The first-order chi connectivity index (χ1) is 29.1. The number of nitrogens with two attached hydrogens (primary N) is 1. The molecule has 0 aromatic rings. The highest BCUT2D eigenvalue weighted by atomic mass is 31.2. The molecule has 0 amide bonds. The van der Waals surface area contributed by atoms with Crippen molar-refractivity contribution in [2.75, 3.05) is 19.8 Å². The van der Waals surface area contributed by atoms with Gasteiger partial charge in [0.25, 0.3) is 0 Å². The maximum atomic E-state index is 12.7. The molecule has 0 spiro atoms. The topological polar surface area (TPSA) is 172 Å². The quantitative estimate of drug-likeness (QED) is 0.0230. The van der Waals surface area contributed by atoms with Crippen LogP contribution in [0.4, 0.5) is 0 Å². The molecule has 0 aromatic heterocycles. The Morgan fingerprint density at radius 3 is 1.25 bits per heavy atom. The van der Waals surface area contributed by atoms with Gasteiger partial charge >= 0.3 is 25.7 Å². The van der Waals surface area contributed by atoms with E-state index in [1.165, 1.54) is 167 Å². The van der Waals surface area contributed by atoms with Crippen LogP contribution in [-0.2, 0) is 37.5 Å². The Bertz CT molecular complexity index is 1070. The van der Waals surface area contributed by atoms with Gasteiger partial charge in [0.1, 0.15) is 12.6 Å². The van der Waals surface area contributed by atoms with Gasteiger partial charge in [-0.2, -0.15) is 0 Å². The van der Waals surface area contributed by atoms with E-state index in [-0.39, 0.29) is 19.4 Å². The highest BCUT2D eigenvalue weighted by molar-refractivity contribution is 7.47. The van der Waals surface area contributed by atoms with Crippen molar-refractivity contribution in [1.82, 2.24) is 0 Å². The Hall–Kier alpha value is -1.78. The second kappa shape index (κ2) is 43.9. The van der Waals surface area contributed by atoms with Gasteiger partial charge in [0.2, 0.25) is 0 Å². The van der Waals surface area contributed by atoms with Crippen LogP contribution in [0, 0.1) is 0 Å². The van der Waals surface area contributed by atoms with Crippen LogP contribution in [0.2, 0.25) is 0 Å². The Labute approximate surface area is 367 Å². The molecule has 1 unspecified atom stereocenters. The molecule has 0 heterocycles. The largest absolute Gasteiger partial charge is 0.480 e. The molecule has 0 aliphatic carbocycles. The molecule has 60 heavy (non-hydrogen) atoms. The van der Waals surface area contributed by atoms with Crippen molar-refractivity contribution in [1.29, 1.82) is 0 Å². The van der Waals surface area contributed by atoms with Crippen LogP contribution >= 0.6 is 7.82 Å². The molecule has 0 fully saturated rings. The van der Waals surface area contributed by atoms with Crippen LogP contribution in [0.5, 0.6) is 0 Å². The minimum Gasteiger partial charge on any atom is -0.480 e. The van der Waals surface area contributed by atoms with E-state index in [4.69, 9.17) is 24.8 Å². The van der Waals surface area contributed by atoms with Crippen LogP contribution in [0.3, 0.4) is 0 Å². The highest BCUT2D eigenvalue weighted by Gasteiger charge is 2.28. The molecule has 11 nitrogen and oxygen atoms in total. The Morgan fingerprint density at radius 1 is 0.500 bits per heavy atom. The lowest BCUT2D eigenvalue weighted by Gasteiger charge is -2.20. The van der Waals surface area contributed by atoms with Gasteiger partial charge in [-0.25, -0.2) is 4.57 Å². The number of phosphoric ester groups is 1. The van der Waals surface area contributed by atoms with Gasteiger partial charge in [0, 0.05) is 12.8 Å². The molecule has 3 atom stereocenters. The van der Waals surface area contributed by atoms with Crippen LogP contribution < -0.4 is 5.73 Å². The van der Waals surface area contributed by atoms with Crippen molar-refractivity contribution in [3.8, 4) is 0 Å². The van der Waals surface area contributed by atoms with Crippen molar-refractivity contribution in [2.24, 2.45) is 5.73 Å². The summed E-state index contributed by atoms with van der Waals surface area (Å²) in [5.41, 5.74) is 5.35. The molecule has 0 aliphatic heterocycles. The summed E-state index contributed by atoms with van der Waals surface area (Å²) >= 11 is 0. The fourth-order valence-electron chi connectivity index (χ4n) is 7.12. The predicted molar refractivity (Wildman–Crippen MR) is 245 cm³/mol. The number of carboxylic acid groups (broad SMARTS) is 1. The average molecular weight is 874 g/mol. The van der Waals surface area contributed by atoms with E-state index in [0.29, 0.717) is 12.8 Å². The van der Waals surface area contributed by atoms with Gasteiger partial charge in [-0.1, -0.05) is 206 Å². The third-order valence-electron chi connectivity index (χ3n) is 11.0. The number of carboxylic acids is 1. The van der Waals surface area contributed by atoms with Crippen molar-refractivity contribution in [3.63, 3.8) is 0 Å². The number of ether oxygens (including phenoxy) is 2. The highest BCUT2D eigenvalue weighted by Crippen LogP contribution is 2.43. The smallest absolute Gasteiger partial charge is 0.472 e. The fourth-order valence-corrected chi connectivity index (χ4v) is 7.90. The summed E-state index contributed by atoms with van der Waals surface area (Å²) < 4.78 is 32.8. The second-order valence-electron chi connectivity index (χ2n) is 17.0. The number of aliphatic carboxylic acids is 1. The summed E-state index contributed by atoms with van der Waals surface area (Å²) in [6.45, 7) is 2.83. The minimum atomic E-state index is -4.72. The maximum Gasteiger partial charge on any atom is 0.472 e. The van der Waals surface area contributed by atoms with E-state index >= 15 is 0 Å². The molecule has 354 valence electrons. The summed E-state index contributed by atoms with van der Waals surface area (Å²) in [5.74, 6) is -2.39. The number of rotatable bonds is 47. The zero-order chi connectivity index (χ0) is 44.2. The summed E-state index contributed by atoms with van der Waals surface area (Å²) in [7, 11) is -4.72. The molecule has 0 aromatic carbocycles. The van der Waals surface area contributed by atoms with Gasteiger partial charge in [-0.15, -0.1) is 0 Å². The van der Waals surface area contributed by atoms with Gasteiger partial charge in [-0.05, 0) is 38.5 Å². The SMILES string of the molecule is CCCCCCCCCCC/C=C/CCCCC(=O)OC[C@@H](COP(=O)(O)OC[C@H](N)C(=O)O)OC(=O)CCCCCCCCCCCCCCCCCCCCCCC. The first-order valence-electron chi connectivity index (χ1n) is 24.7. The molecule has 0 aliphatic rings. The number of hydrogen-bond acceptors (Lipinski definition) is 9. The van der Waals surface area contributed by atoms with E-state index < -0.39 is 51.1 Å². The zero-order valence-electron chi connectivity index (χ0n) is 38.6. The standard InChI is InChI=1S/C48H92NO10P/c1-3-5-7-9-11-13-15-17-19-20-21-22-23-24-26-28-30-32-34-36-38-40-47(51)59-44(42-57-60(54,55)58-43-45(49)48(52)53)41-56-46(50)39-37-35-33-31-29-27-25-18-16-14-12-10-8-6-4-2/h29,31,44-45H,3-28,30,32-43,49H2,1-2H3,(H,52,53)(H,54,55)/b31-29+/t44-,45-/m0/s1. The average Bonchev–Trinajstić information content (AvgIpc) is 3.22. The van der Waals surface area contributed by atoms with Crippen molar-refractivity contribution in [3.05, 3.63) is 12.2 Å². The Balaban J connectivity index is 4.24. The minimum absolute atomic E-state index is 0.164. The summed E-state index contributed by atoms with van der Waals surface area (Å²) in [5, 5.41) is 8.91. The van der Waals surface area contributed by atoms with E-state index in [0.717, 1.165) is 38.5 Å². The second-order valence-corrected chi connectivity index (χ2v) is 18.4. The third kappa shape index (κ3) is 42.9. The fraction of sp³-hybridized carbons (Fsp3) is 0.896. The maximum absolute atomic E-state index is 12.7. The third-order valence-corrected chi connectivity index (χ3v) is 12.0. The molecule has 0 bridgehead atoms. The van der Waals surface area contributed by atoms with Gasteiger partial charge in [0.05, 0.1) is 13.2 Å². The number of unbranched alkanes of at least 4 members (excludes halogenated alkanes) is 31. The monoisotopic (exact) mass is 874 g/mol. The summed E-state index contributed by atoms with van der Waals surface area (Å²) in [6, 6.07) is -1.52. The lowest BCUT2D eigenvalue weighted by Crippen LogP contribution is -2.34. The van der Waals surface area contributed by atoms with Crippen LogP contribution in [-0.4, -0.2) is 59.9 Å². The first kappa shape index (κ1) is 58.2. The molecule has 4 N–H and O–H groups in total. The van der Waals surface area contributed by atoms with Gasteiger partial charge in [-0.3, -0.25) is 23.4 Å². The number of phosphoric acid groups is 1. The van der Waals surface area contributed by atoms with Crippen molar-refractivity contribution >= 4 is 25.7 Å². The number of hydrogen-bond donors (Lipinski definition) is 3. The van der Waals surface area contributed by atoms with E-state index in [9.17, 15) is 23.8 Å². The molecule has 0 saturated heterocycles. The van der Waals surface area contributed by atoms with E-state index in [1.54, 1.807) is 0 Å². The normalized spacial score (nSPS) is 13.7. The molecule has 0 radical (unpaired) electrons. The summed E-state index contributed by atoms with van der Waals surface area (Å²) in [6.07, 6.45) is 45.7. The molecule has 0 rings (SSSR count).